The molecule has 2 saturated heterocycles. The summed E-state index contributed by atoms with van der Waals surface area (Å²) in [5.74, 6) is -0.688. The monoisotopic (exact) mass is 696 g/mol. The molecular formula is C35H52O14. The second kappa shape index (κ2) is 12.8. The van der Waals surface area contributed by atoms with Gasteiger partial charge in [0.25, 0.3) is 0 Å². The van der Waals surface area contributed by atoms with Gasteiger partial charge in [0, 0.05) is 24.3 Å². The standard InChI is InChI=1S/C35H52O14/c1-17-30(49-31-29(42)28(41)27(40)24(14-36)48-31)23(38)12-26(46-17)47-19-3-8-33(16-37)21-4-7-32(2)20(18-11-25(39)45-15-18)6-10-35(32,44)22(21)5-9-34(33,43)13-19/h11,16-17,19-24,26-31,36,38,40-44H,3-10,12-15H2,1-2H3/t17-,19+,20+,21-,22+,23-,24+,26-,27+,28-,29+,30+,31+,32-,33+,34-,35+/m1/s1. The van der Waals surface area contributed by atoms with Crippen molar-refractivity contribution in [1.29, 1.82) is 0 Å². The van der Waals surface area contributed by atoms with E-state index < -0.39 is 90.1 Å². The molecule has 7 N–H and O–H groups in total. The number of fused-ring (bicyclic) bond motifs is 5. The van der Waals surface area contributed by atoms with Gasteiger partial charge >= 0.3 is 5.97 Å². The van der Waals surface area contributed by atoms with Gasteiger partial charge in [-0.3, -0.25) is 0 Å². The topological polar surface area (TPSA) is 222 Å². The fourth-order valence-corrected chi connectivity index (χ4v) is 11.3. The Bertz CT molecular complexity index is 1300. The second-order valence-electron chi connectivity index (χ2n) is 16.1. The first-order valence-electron chi connectivity index (χ1n) is 17.9. The smallest absolute Gasteiger partial charge is 0.331 e. The Morgan fingerprint density at radius 1 is 0.939 bits per heavy atom. The van der Waals surface area contributed by atoms with Gasteiger partial charge in [-0.15, -0.1) is 0 Å². The van der Waals surface area contributed by atoms with Crippen molar-refractivity contribution in [2.75, 3.05) is 13.2 Å². The summed E-state index contributed by atoms with van der Waals surface area (Å²) in [6.45, 7) is 3.42. The van der Waals surface area contributed by atoms with Gasteiger partial charge in [0.2, 0.25) is 0 Å². The highest BCUT2D eigenvalue weighted by Gasteiger charge is 2.71. The molecule has 49 heavy (non-hydrogen) atoms. The molecule has 0 amide bonds. The maximum atomic E-state index is 13.2. The van der Waals surface area contributed by atoms with Crippen LogP contribution >= 0.6 is 0 Å². The van der Waals surface area contributed by atoms with Crippen LogP contribution in [-0.4, -0.2) is 134 Å². The number of ether oxygens (including phenoxy) is 5. The maximum Gasteiger partial charge on any atom is 0.331 e. The van der Waals surface area contributed by atoms with Gasteiger partial charge in [0.15, 0.2) is 12.6 Å². The van der Waals surface area contributed by atoms with Crippen LogP contribution in [0.3, 0.4) is 0 Å². The van der Waals surface area contributed by atoms with Gasteiger partial charge in [-0.1, -0.05) is 6.92 Å². The average Bonchev–Trinajstić information content (AvgIpc) is 3.61. The van der Waals surface area contributed by atoms with E-state index in [0.29, 0.717) is 44.9 Å². The van der Waals surface area contributed by atoms with Crippen LogP contribution in [0.4, 0.5) is 0 Å². The van der Waals surface area contributed by atoms with E-state index in [-0.39, 0.29) is 43.2 Å². The summed E-state index contributed by atoms with van der Waals surface area (Å²) >= 11 is 0. The van der Waals surface area contributed by atoms with Crippen molar-refractivity contribution < 1.29 is 69.0 Å². The Kier molecular flexibility index (Phi) is 9.38. The van der Waals surface area contributed by atoms with Crippen LogP contribution in [0.1, 0.15) is 78.1 Å². The van der Waals surface area contributed by atoms with Gasteiger partial charge in [0.1, 0.15) is 43.4 Å². The molecule has 7 aliphatic rings. The minimum atomic E-state index is -1.62. The van der Waals surface area contributed by atoms with E-state index in [0.717, 1.165) is 18.3 Å². The summed E-state index contributed by atoms with van der Waals surface area (Å²) in [6, 6.07) is 0. The summed E-state index contributed by atoms with van der Waals surface area (Å²) in [4.78, 5) is 25.0. The molecule has 4 aliphatic carbocycles. The number of carbonyl (C=O) groups excluding carboxylic acids is 2. The van der Waals surface area contributed by atoms with Crippen LogP contribution in [0, 0.1) is 28.6 Å². The Balaban J connectivity index is 1.00. The SMILES string of the molecule is C[C@H]1O[C@H](O[C@H]2CC[C@]3(C=O)[C@@H]4CC[C@]5(C)[C@H](C6=CC(=O)OC6)CC[C@]5(O)[C@H]4CC[C@@]3(O)C2)C[C@@H](O)[C@H]1O[C@@H]1O[C@@H](CO)[C@H](O)[C@@H](O)[C@@H]1O. The summed E-state index contributed by atoms with van der Waals surface area (Å²) in [5.41, 5.74) is -2.94. The second-order valence-corrected chi connectivity index (χ2v) is 16.1. The summed E-state index contributed by atoms with van der Waals surface area (Å²) in [7, 11) is 0. The molecule has 6 fully saturated rings. The molecule has 0 bridgehead atoms. The number of hydrogen-bond donors (Lipinski definition) is 7. The van der Waals surface area contributed by atoms with E-state index in [1.54, 1.807) is 13.0 Å². The summed E-state index contributed by atoms with van der Waals surface area (Å²) in [5, 5.41) is 75.9. The highest BCUT2D eigenvalue weighted by Crippen LogP contribution is 2.70. The number of esters is 1. The zero-order chi connectivity index (χ0) is 35.1. The number of carbonyl (C=O) groups is 2. The molecule has 4 saturated carbocycles. The van der Waals surface area contributed by atoms with Crippen molar-refractivity contribution in [3.05, 3.63) is 11.6 Å². The van der Waals surface area contributed by atoms with Gasteiger partial charge in [-0.05, 0) is 81.6 Å². The van der Waals surface area contributed by atoms with E-state index in [1.807, 2.05) is 0 Å². The number of cyclic esters (lactones) is 1. The Morgan fingerprint density at radius 2 is 1.69 bits per heavy atom. The first-order valence-corrected chi connectivity index (χ1v) is 17.9. The number of aliphatic hydroxyl groups is 7. The Hall–Kier alpha value is -1.56. The molecular weight excluding hydrogens is 644 g/mol. The van der Waals surface area contributed by atoms with Gasteiger partial charge in [0.05, 0.1) is 41.5 Å². The minimum absolute atomic E-state index is 0.00470. The van der Waals surface area contributed by atoms with Crippen LogP contribution in [-0.2, 0) is 33.3 Å². The van der Waals surface area contributed by atoms with E-state index >= 15 is 0 Å². The molecule has 17 atom stereocenters. The highest BCUT2D eigenvalue weighted by molar-refractivity contribution is 5.85. The van der Waals surface area contributed by atoms with Crippen molar-refractivity contribution in [1.82, 2.24) is 0 Å². The third kappa shape index (κ3) is 5.47. The van der Waals surface area contributed by atoms with Gasteiger partial charge in [-0.2, -0.15) is 0 Å². The van der Waals surface area contributed by atoms with Gasteiger partial charge in [-0.25, -0.2) is 4.79 Å². The molecule has 14 heteroatoms. The number of rotatable bonds is 7. The lowest BCUT2D eigenvalue weighted by Gasteiger charge is -2.65. The minimum Gasteiger partial charge on any atom is -0.458 e. The normalized spacial score (nSPS) is 54.3. The summed E-state index contributed by atoms with van der Waals surface area (Å²) < 4.78 is 28.9. The van der Waals surface area contributed by atoms with Crippen LogP contribution in [0.15, 0.2) is 11.6 Å². The molecule has 0 spiro atoms. The predicted molar refractivity (Wildman–Crippen MR) is 166 cm³/mol. The molecule has 0 aromatic heterocycles. The van der Waals surface area contributed by atoms with Gasteiger partial charge < -0.3 is 64.2 Å². The molecule has 7 rings (SSSR count). The average molecular weight is 697 g/mol. The maximum absolute atomic E-state index is 13.2. The van der Waals surface area contributed by atoms with Crippen LogP contribution < -0.4 is 0 Å². The lowest BCUT2D eigenvalue weighted by molar-refractivity contribution is -0.345. The molecule has 0 aromatic rings. The molecule has 276 valence electrons. The molecule has 0 unspecified atom stereocenters. The van der Waals surface area contributed by atoms with Crippen molar-refractivity contribution in [3.8, 4) is 0 Å². The quantitative estimate of drug-likeness (QED) is 0.102. The first-order chi connectivity index (χ1) is 23.2. The van der Waals surface area contributed by atoms with Crippen LogP contribution in [0.2, 0.25) is 0 Å². The molecule has 3 aliphatic heterocycles. The zero-order valence-corrected chi connectivity index (χ0v) is 28.1. The van der Waals surface area contributed by atoms with Crippen molar-refractivity contribution in [2.45, 2.75) is 151 Å². The molecule has 14 nitrogen and oxygen atoms in total. The van der Waals surface area contributed by atoms with E-state index in [9.17, 15) is 45.3 Å². The van der Waals surface area contributed by atoms with E-state index in [1.165, 1.54) is 0 Å². The predicted octanol–water partition coefficient (Wildman–Crippen LogP) is -0.397. The third-order valence-electron chi connectivity index (χ3n) is 14.0. The van der Waals surface area contributed by atoms with Crippen LogP contribution in [0.5, 0.6) is 0 Å². The highest BCUT2D eigenvalue weighted by atomic mass is 16.7. The lowest BCUT2D eigenvalue weighted by Crippen LogP contribution is -2.69. The van der Waals surface area contributed by atoms with Crippen LogP contribution in [0.25, 0.3) is 0 Å². The van der Waals surface area contributed by atoms with E-state index in [4.69, 9.17) is 23.7 Å². The largest absolute Gasteiger partial charge is 0.458 e. The Morgan fingerprint density at radius 3 is 2.37 bits per heavy atom. The van der Waals surface area contributed by atoms with E-state index in [2.05, 4.69) is 6.92 Å². The zero-order valence-electron chi connectivity index (χ0n) is 28.1. The number of hydrogen-bond acceptors (Lipinski definition) is 14. The van der Waals surface area contributed by atoms with Crippen molar-refractivity contribution in [2.24, 2.45) is 28.6 Å². The lowest BCUT2D eigenvalue weighted by atomic mass is 9.41. The molecule has 3 heterocycles. The molecule has 0 aromatic carbocycles. The fraction of sp³-hybridized carbons (Fsp3) is 0.886. The van der Waals surface area contributed by atoms with Crippen molar-refractivity contribution >= 4 is 12.3 Å². The number of aldehydes is 1. The van der Waals surface area contributed by atoms with Crippen molar-refractivity contribution in [3.63, 3.8) is 0 Å². The molecule has 0 radical (unpaired) electrons. The Labute approximate surface area is 285 Å². The summed E-state index contributed by atoms with van der Waals surface area (Å²) in [6.07, 6.45) is -4.38. The third-order valence-corrected chi connectivity index (χ3v) is 14.0. The fourth-order valence-electron chi connectivity index (χ4n) is 11.3. The first kappa shape index (κ1) is 35.8. The number of aliphatic hydroxyl groups excluding tert-OH is 5.